The number of aliphatic imine (C=N–C) groups is 1. The van der Waals surface area contributed by atoms with Crippen molar-refractivity contribution in [1.82, 2.24) is 68.7 Å². The third kappa shape index (κ3) is 29.8. The van der Waals surface area contributed by atoms with Gasteiger partial charge in [0.1, 0.15) is 60.4 Å². The maximum Gasteiger partial charge on any atom is 0.325 e. The van der Waals surface area contributed by atoms with Crippen molar-refractivity contribution in [3.63, 3.8) is 0 Å². The topological polar surface area (TPSA) is 538 Å². The van der Waals surface area contributed by atoms with Gasteiger partial charge in [0.05, 0.1) is 38.9 Å². The Morgan fingerprint density at radius 3 is 1.43 bits per heavy atom. The highest BCUT2D eigenvalue weighted by molar-refractivity contribution is 5.99. The van der Waals surface area contributed by atoms with Crippen molar-refractivity contribution in [1.29, 1.82) is 0 Å². The van der Waals surface area contributed by atoms with Crippen LogP contribution in [0.3, 0.4) is 0 Å². The van der Waals surface area contributed by atoms with Crippen LogP contribution in [0.15, 0.2) is 4.99 Å². The van der Waals surface area contributed by atoms with E-state index in [0.29, 0.717) is 12.8 Å². The second-order valence-corrected chi connectivity index (χ2v) is 24.5. The third-order valence-electron chi connectivity index (χ3n) is 14.7. The van der Waals surface area contributed by atoms with Gasteiger partial charge in [0.15, 0.2) is 5.96 Å². The van der Waals surface area contributed by atoms with Crippen molar-refractivity contribution < 1.29 is 82.4 Å². The molecule has 92 heavy (non-hydrogen) atoms. The summed E-state index contributed by atoms with van der Waals surface area (Å²) in [5.74, 6) is -13.5. The number of rotatable bonds is 41. The lowest BCUT2D eigenvalue weighted by atomic mass is 9.96. The van der Waals surface area contributed by atoms with Gasteiger partial charge >= 0.3 is 5.97 Å². The van der Waals surface area contributed by atoms with Crippen LogP contribution >= 0.6 is 0 Å². The minimum Gasteiger partial charge on any atom is -0.480 e. The van der Waals surface area contributed by atoms with E-state index in [1.54, 1.807) is 55.4 Å². The van der Waals surface area contributed by atoms with E-state index in [4.69, 9.17) is 17.2 Å². The zero-order valence-corrected chi connectivity index (χ0v) is 55.0. The van der Waals surface area contributed by atoms with Crippen molar-refractivity contribution in [2.24, 2.45) is 51.8 Å². The molecular formula is C58H103N17O17. The number of aliphatic hydroxyl groups is 2. The average molecular weight is 1310 g/mol. The molecule has 1 heterocycles. The largest absolute Gasteiger partial charge is 0.480 e. The smallest absolute Gasteiger partial charge is 0.325 e. The number of hydrogen-bond donors (Lipinski definition) is 18. The first-order valence-electron chi connectivity index (χ1n) is 31.1. The van der Waals surface area contributed by atoms with Crippen LogP contribution in [0.25, 0.3) is 0 Å². The maximum absolute atomic E-state index is 14.3. The summed E-state index contributed by atoms with van der Waals surface area (Å²) in [6, 6.07) is -14.3. The fraction of sp³-hybridized carbons (Fsp3) is 0.741. The number of aliphatic carboxylic acids is 1. The number of carboxylic acids is 1. The van der Waals surface area contributed by atoms with Crippen LogP contribution in [0.5, 0.6) is 0 Å². The fourth-order valence-corrected chi connectivity index (χ4v) is 9.14. The molecule has 0 bridgehead atoms. The quantitative estimate of drug-likeness (QED) is 0.0154. The highest BCUT2D eigenvalue weighted by Gasteiger charge is 2.41. The molecule has 522 valence electrons. The monoisotopic (exact) mass is 1310 g/mol. The molecule has 0 aromatic carbocycles. The van der Waals surface area contributed by atoms with Crippen molar-refractivity contribution in [2.45, 2.75) is 201 Å². The van der Waals surface area contributed by atoms with Crippen LogP contribution < -0.4 is 81.0 Å². The van der Waals surface area contributed by atoms with Crippen molar-refractivity contribution >= 4 is 88.7 Å². The number of carboxylic acid groups (broad SMARTS) is 1. The number of nitrogens with two attached hydrogens (primary N) is 3. The molecule has 1 aliphatic rings. The van der Waals surface area contributed by atoms with E-state index in [0.717, 1.165) is 0 Å². The molecule has 13 amide bonds. The van der Waals surface area contributed by atoms with Crippen molar-refractivity contribution in [3.05, 3.63) is 0 Å². The Hall–Kier alpha value is -8.27. The molecule has 1 rings (SSSR count). The summed E-state index contributed by atoms with van der Waals surface area (Å²) in [6.45, 7) is 16.3. The molecule has 12 unspecified atom stereocenters. The molecule has 34 heteroatoms. The summed E-state index contributed by atoms with van der Waals surface area (Å²) in [5.41, 5.74) is 16.9. The predicted octanol–water partition coefficient (Wildman–Crippen LogP) is -5.98. The van der Waals surface area contributed by atoms with E-state index < -0.39 is 188 Å². The minimum absolute atomic E-state index is 0.00640. The van der Waals surface area contributed by atoms with Gasteiger partial charge in [-0.2, -0.15) is 0 Å². The van der Waals surface area contributed by atoms with E-state index in [1.807, 2.05) is 13.8 Å². The summed E-state index contributed by atoms with van der Waals surface area (Å²) in [5, 5.41) is 59.1. The number of nitrogens with zero attached hydrogens (tertiary/aromatic N) is 2. The van der Waals surface area contributed by atoms with Crippen molar-refractivity contribution in [2.75, 3.05) is 45.9 Å². The number of aliphatic hydroxyl groups excluding tert-OH is 2. The highest BCUT2D eigenvalue weighted by atomic mass is 16.4. The number of nitrogens with one attached hydrogen (secondary N) is 12. The van der Waals surface area contributed by atoms with Gasteiger partial charge in [-0.25, -0.2) is 0 Å². The molecule has 1 saturated heterocycles. The number of amides is 13. The Balaban J connectivity index is 3.14. The van der Waals surface area contributed by atoms with E-state index in [2.05, 4.69) is 68.8 Å². The summed E-state index contributed by atoms with van der Waals surface area (Å²) in [7, 11) is 0. The van der Waals surface area contributed by atoms with E-state index in [-0.39, 0.29) is 81.2 Å². The molecule has 0 aromatic rings. The third-order valence-corrected chi connectivity index (χ3v) is 14.7. The highest BCUT2D eigenvalue weighted by Crippen LogP contribution is 2.22. The van der Waals surface area contributed by atoms with E-state index in [1.165, 1.54) is 18.7 Å². The molecule has 1 aliphatic heterocycles. The zero-order valence-electron chi connectivity index (χ0n) is 55.0. The normalized spacial score (nSPS) is 16.5. The molecule has 1 fully saturated rings. The lowest BCUT2D eigenvalue weighted by molar-refractivity contribution is -0.145. The van der Waals surface area contributed by atoms with Gasteiger partial charge in [-0.1, -0.05) is 75.7 Å². The zero-order chi connectivity index (χ0) is 70.3. The van der Waals surface area contributed by atoms with Crippen LogP contribution in [0.4, 0.5) is 0 Å². The number of carbonyl (C=O) groups is 14. The second kappa shape index (κ2) is 41.3. The molecule has 34 nitrogen and oxygen atoms in total. The molecule has 0 aliphatic carbocycles. The lowest BCUT2D eigenvalue weighted by Crippen LogP contribution is -2.61. The van der Waals surface area contributed by atoms with Crippen molar-refractivity contribution in [3.8, 4) is 0 Å². The van der Waals surface area contributed by atoms with Gasteiger partial charge in [0, 0.05) is 13.1 Å². The van der Waals surface area contributed by atoms with Gasteiger partial charge < -0.3 is 101 Å². The maximum atomic E-state index is 14.3. The Kier molecular flexibility index (Phi) is 36.7. The molecule has 0 radical (unpaired) electrons. The lowest BCUT2D eigenvalue weighted by Gasteiger charge is -2.32. The van der Waals surface area contributed by atoms with Crippen LogP contribution in [-0.4, -0.2) is 221 Å². The first kappa shape index (κ1) is 81.7. The van der Waals surface area contributed by atoms with Gasteiger partial charge in [-0.3, -0.25) is 72.1 Å². The fourth-order valence-electron chi connectivity index (χ4n) is 9.14. The van der Waals surface area contributed by atoms with E-state index >= 15 is 0 Å². The molecule has 0 aromatic heterocycles. The van der Waals surface area contributed by atoms with Crippen LogP contribution in [-0.2, 0) is 67.1 Å². The standard InChI is InChI=1S/C58H103N17O17/c1-13-32(10)46(56(90)75-19-15-17-41(75)54(88)67-34(12)57(91)92)74-53(87)40(27-77)73-49(83)35(16-14-18-62-58(60)61)69-50(84)38(22-30(6)7)71-51(85)37(21-29(4)5)70-47(81)33(11)66-52(86)39(26-76)68-44(80)25-64-42(78)23-63-43(79)24-65-48(82)36(20-28(2)3)72-55(89)45(59)31(8)9/h28-41,45-46,76-77H,13-27,59H2,1-12H3,(H,63,79)(H,64,78)(H,65,82)(H,66,86)(H,67,88)(H,68,80)(H,69,84)(H,70,81)(H,71,85)(H,72,89)(H,73,83)(H,74,87)(H,91,92)(H4,60,61,62). The Labute approximate surface area is 536 Å². The Morgan fingerprint density at radius 1 is 0.511 bits per heavy atom. The number of hydrogen-bond acceptors (Lipinski definition) is 18. The molecule has 0 saturated carbocycles. The number of guanidine groups is 1. The number of likely N-dealkylation sites (tertiary alicyclic amines) is 1. The number of carbonyl (C=O) groups excluding carboxylic acids is 13. The summed E-state index contributed by atoms with van der Waals surface area (Å²) < 4.78 is 0. The van der Waals surface area contributed by atoms with Gasteiger partial charge in [0.25, 0.3) is 0 Å². The van der Waals surface area contributed by atoms with Gasteiger partial charge in [-0.05, 0) is 88.4 Å². The van der Waals surface area contributed by atoms with Crippen LogP contribution in [0, 0.1) is 29.6 Å². The predicted molar refractivity (Wildman–Crippen MR) is 335 cm³/mol. The molecule has 12 atom stereocenters. The van der Waals surface area contributed by atoms with Crippen LogP contribution in [0.2, 0.25) is 0 Å². The Bertz CT molecular complexity index is 2570. The summed E-state index contributed by atoms with van der Waals surface area (Å²) >= 11 is 0. The summed E-state index contributed by atoms with van der Waals surface area (Å²) in [6.07, 6.45) is 1.18. The second-order valence-electron chi connectivity index (χ2n) is 24.5. The van der Waals surface area contributed by atoms with Gasteiger partial charge in [0.2, 0.25) is 76.8 Å². The van der Waals surface area contributed by atoms with Gasteiger partial charge in [-0.15, -0.1) is 0 Å². The minimum atomic E-state index is -1.70. The average Bonchev–Trinajstić information content (AvgIpc) is 3.02. The molecule has 0 spiro atoms. The molecular weight excluding hydrogens is 1210 g/mol. The van der Waals surface area contributed by atoms with E-state index in [9.17, 15) is 82.4 Å². The van der Waals surface area contributed by atoms with Crippen LogP contribution in [0.1, 0.15) is 134 Å². The Morgan fingerprint density at radius 2 is 0.946 bits per heavy atom. The SMILES string of the molecule is CCC(C)C(NC(=O)C(CO)NC(=O)C(CCCN=C(N)N)NC(=O)C(CC(C)C)NC(=O)C(CC(C)C)NC(=O)C(C)NC(=O)C(CO)NC(=O)CNC(=O)CNC(=O)CNC(=O)C(CC(C)C)NC(=O)C(N)C(C)C)C(=O)N1CCCC1C(=O)NC(C)C(=O)O. The molecule has 21 N–H and O–H groups in total. The first-order valence-corrected chi connectivity index (χ1v) is 31.1. The first-order chi connectivity index (χ1) is 43.0. The summed E-state index contributed by atoms with van der Waals surface area (Å²) in [4.78, 5) is 190.